The standard InChI is InChI=1S/C21H26Cl2N3O2PS/c1-5-24(6-2)15-10-12-20-19(14-15)28-21(27)26(29(20,30)25(7-3)8-4)16-9-11-17(22)18(23)13-16/h9-14H,5-8H2,1-4H3/t29-/m1/s1. The smallest absolute Gasteiger partial charge is 0.409 e. The van der Waals surface area contributed by atoms with Crippen LogP contribution in [-0.2, 0) is 11.8 Å². The average Bonchev–Trinajstić information content (AvgIpc) is 2.72. The molecule has 0 N–H and O–H groups in total. The zero-order chi connectivity index (χ0) is 22.1. The second-order valence-electron chi connectivity index (χ2n) is 6.79. The predicted octanol–water partition coefficient (Wildman–Crippen LogP) is 6.14. The summed E-state index contributed by atoms with van der Waals surface area (Å²) in [5.41, 5.74) is 1.60. The molecule has 2 aromatic rings. The van der Waals surface area contributed by atoms with E-state index < -0.39 is 12.4 Å². The number of amides is 1. The molecule has 0 spiro atoms. The lowest BCUT2D eigenvalue weighted by molar-refractivity contribution is 0.211. The van der Waals surface area contributed by atoms with E-state index in [1.54, 1.807) is 22.9 Å². The SMILES string of the molecule is CCN(CC)c1ccc2c(c1)OC(=O)N(c1ccc(Cl)c(Cl)c1)[P@]2(=S)N(CC)CC. The molecule has 162 valence electrons. The van der Waals surface area contributed by atoms with E-state index in [0.29, 0.717) is 34.6 Å². The monoisotopic (exact) mass is 485 g/mol. The van der Waals surface area contributed by atoms with Crippen molar-refractivity contribution < 1.29 is 9.53 Å². The van der Waals surface area contributed by atoms with Crippen LogP contribution >= 0.6 is 29.5 Å². The highest BCUT2D eigenvalue weighted by molar-refractivity contribution is 8.18. The molecule has 0 aliphatic carbocycles. The zero-order valence-corrected chi connectivity index (χ0v) is 20.8. The summed E-state index contributed by atoms with van der Waals surface area (Å²) < 4.78 is 9.56. The van der Waals surface area contributed by atoms with Crippen LogP contribution in [0, 0.1) is 0 Å². The number of nitrogens with zero attached hydrogens (tertiary/aromatic N) is 3. The van der Waals surface area contributed by atoms with Crippen molar-refractivity contribution in [1.82, 2.24) is 4.67 Å². The number of carbonyl (C=O) groups is 1. The fourth-order valence-electron chi connectivity index (χ4n) is 3.73. The van der Waals surface area contributed by atoms with Crippen LogP contribution in [0.25, 0.3) is 0 Å². The first-order chi connectivity index (χ1) is 14.3. The maximum Gasteiger partial charge on any atom is 0.424 e. The molecule has 2 aromatic carbocycles. The van der Waals surface area contributed by atoms with Gasteiger partial charge in [0.05, 0.1) is 21.0 Å². The van der Waals surface area contributed by atoms with E-state index in [9.17, 15) is 4.79 Å². The third-order valence-electron chi connectivity index (χ3n) is 5.29. The Labute approximate surface area is 193 Å². The number of benzene rings is 2. The molecule has 9 heteroatoms. The third kappa shape index (κ3) is 3.96. The summed E-state index contributed by atoms with van der Waals surface area (Å²) in [4.78, 5) is 15.5. The summed E-state index contributed by atoms with van der Waals surface area (Å²) in [5.74, 6) is 0.538. The Morgan fingerprint density at radius 3 is 2.20 bits per heavy atom. The summed E-state index contributed by atoms with van der Waals surface area (Å²) in [6.45, 7) is 11.4. The Hall–Kier alpha value is -1.30. The minimum absolute atomic E-state index is 0.366. The first-order valence-electron chi connectivity index (χ1n) is 10.0. The number of hydrogen-bond acceptors (Lipinski definition) is 4. The van der Waals surface area contributed by atoms with Crippen molar-refractivity contribution >= 4 is 64.1 Å². The van der Waals surface area contributed by atoms with Gasteiger partial charge in [-0.15, -0.1) is 0 Å². The summed E-state index contributed by atoms with van der Waals surface area (Å²) >= 11 is 18.7. The Kier molecular flexibility index (Phi) is 7.36. The van der Waals surface area contributed by atoms with Gasteiger partial charge in [-0.1, -0.05) is 48.9 Å². The Morgan fingerprint density at radius 2 is 1.63 bits per heavy atom. The average molecular weight is 486 g/mol. The number of fused-ring (bicyclic) bond motifs is 1. The maximum absolute atomic E-state index is 13.3. The molecule has 0 aromatic heterocycles. The lowest BCUT2D eigenvalue weighted by Gasteiger charge is -2.44. The molecule has 0 fully saturated rings. The highest BCUT2D eigenvalue weighted by atomic mass is 35.5. The van der Waals surface area contributed by atoms with E-state index in [1.165, 1.54) is 0 Å². The number of halogens is 2. The largest absolute Gasteiger partial charge is 0.424 e. The molecule has 1 amide bonds. The predicted molar refractivity (Wildman–Crippen MR) is 132 cm³/mol. The van der Waals surface area contributed by atoms with E-state index in [0.717, 1.165) is 24.1 Å². The molecule has 30 heavy (non-hydrogen) atoms. The third-order valence-corrected chi connectivity index (χ3v) is 11.1. The van der Waals surface area contributed by atoms with Crippen molar-refractivity contribution in [3.63, 3.8) is 0 Å². The summed E-state index contributed by atoms with van der Waals surface area (Å²) in [5, 5.41) is 1.65. The van der Waals surface area contributed by atoms with Gasteiger partial charge in [0.25, 0.3) is 0 Å². The van der Waals surface area contributed by atoms with Crippen molar-refractivity contribution in [2.75, 3.05) is 35.7 Å². The molecule has 1 atom stereocenters. The van der Waals surface area contributed by atoms with E-state index >= 15 is 0 Å². The molecule has 0 saturated carbocycles. The normalized spacial score (nSPS) is 18.4. The second-order valence-corrected chi connectivity index (χ2v) is 11.7. The van der Waals surface area contributed by atoms with Gasteiger partial charge in [0, 0.05) is 37.9 Å². The first kappa shape index (κ1) is 23.4. The molecule has 5 nitrogen and oxygen atoms in total. The molecule has 1 heterocycles. The van der Waals surface area contributed by atoms with Crippen molar-refractivity contribution in [2.24, 2.45) is 0 Å². The van der Waals surface area contributed by atoms with Crippen molar-refractivity contribution in [2.45, 2.75) is 27.7 Å². The van der Waals surface area contributed by atoms with Gasteiger partial charge >= 0.3 is 6.09 Å². The topological polar surface area (TPSA) is 36.0 Å². The number of ether oxygens (including phenoxy) is 1. The van der Waals surface area contributed by atoms with Crippen LogP contribution < -0.4 is 19.6 Å². The lowest BCUT2D eigenvalue weighted by atomic mass is 10.2. The van der Waals surface area contributed by atoms with Crippen LogP contribution in [-0.4, -0.2) is 36.9 Å². The first-order valence-corrected chi connectivity index (χ1v) is 13.5. The van der Waals surface area contributed by atoms with Crippen LogP contribution in [0.1, 0.15) is 27.7 Å². The van der Waals surface area contributed by atoms with E-state index in [-0.39, 0.29) is 0 Å². The summed E-state index contributed by atoms with van der Waals surface area (Å²) in [6, 6.07) is 11.1. The van der Waals surface area contributed by atoms with Crippen LogP contribution in [0.3, 0.4) is 0 Å². The van der Waals surface area contributed by atoms with Crippen LogP contribution in [0.4, 0.5) is 16.2 Å². The van der Waals surface area contributed by atoms with Crippen molar-refractivity contribution in [3.8, 4) is 5.75 Å². The fourth-order valence-corrected chi connectivity index (χ4v) is 8.56. The second kappa shape index (κ2) is 9.46. The zero-order valence-electron chi connectivity index (χ0n) is 17.6. The molecular weight excluding hydrogens is 460 g/mol. The number of rotatable bonds is 7. The van der Waals surface area contributed by atoms with Gasteiger partial charge in [-0.2, -0.15) is 0 Å². The number of anilines is 2. The molecular formula is C21H26Cl2N3O2PS. The van der Waals surface area contributed by atoms with Gasteiger partial charge in [-0.3, -0.25) is 4.67 Å². The Morgan fingerprint density at radius 1 is 0.967 bits per heavy atom. The van der Waals surface area contributed by atoms with Crippen LogP contribution in [0.5, 0.6) is 5.75 Å². The van der Waals surface area contributed by atoms with Gasteiger partial charge < -0.3 is 9.64 Å². The van der Waals surface area contributed by atoms with Gasteiger partial charge in [0.15, 0.2) is 0 Å². The Balaban J connectivity index is 2.22. The molecule has 1 aliphatic heterocycles. The molecule has 0 bridgehead atoms. The van der Waals surface area contributed by atoms with Gasteiger partial charge in [-0.25, -0.2) is 9.46 Å². The number of hydrogen-bond donors (Lipinski definition) is 0. The van der Waals surface area contributed by atoms with Crippen molar-refractivity contribution in [1.29, 1.82) is 0 Å². The quantitative estimate of drug-likeness (QED) is 0.440. The van der Waals surface area contributed by atoms with E-state index in [4.69, 9.17) is 39.7 Å². The molecule has 3 rings (SSSR count). The fraction of sp³-hybridized carbons (Fsp3) is 0.381. The van der Waals surface area contributed by atoms with Gasteiger partial charge in [0.2, 0.25) is 0 Å². The molecule has 1 aliphatic rings. The molecule has 0 saturated heterocycles. The molecule has 0 unspecified atom stereocenters. The minimum atomic E-state index is -2.70. The highest BCUT2D eigenvalue weighted by Crippen LogP contribution is 2.59. The molecule has 0 radical (unpaired) electrons. The van der Waals surface area contributed by atoms with Crippen LogP contribution in [0.2, 0.25) is 10.0 Å². The highest BCUT2D eigenvalue weighted by Gasteiger charge is 2.44. The summed E-state index contributed by atoms with van der Waals surface area (Å²) in [7, 11) is 0. The minimum Gasteiger partial charge on any atom is -0.409 e. The van der Waals surface area contributed by atoms with Gasteiger partial charge in [-0.05, 0) is 44.2 Å². The van der Waals surface area contributed by atoms with Gasteiger partial charge in [0.1, 0.15) is 12.1 Å². The lowest BCUT2D eigenvalue weighted by Crippen LogP contribution is -2.46. The summed E-state index contributed by atoms with van der Waals surface area (Å²) in [6.07, 6.45) is -3.19. The van der Waals surface area contributed by atoms with E-state index in [1.807, 2.05) is 12.1 Å². The van der Waals surface area contributed by atoms with E-state index in [2.05, 4.69) is 43.3 Å². The Bertz CT molecular complexity index is 996. The van der Waals surface area contributed by atoms with Crippen LogP contribution in [0.15, 0.2) is 36.4 Å². The van der Waals surface area contributed by atoms with Crippen molar-refractivity contribution in [3.05, 3.63) is 46.4 Å². The number of carbonyl (C=O) groups excluding carboxylic acids is 1. The maximum atomic E-state index is 13.3.